The lowest BCUT2D eigenvalue weighted by Crippen LogP contribution is -2.36. The molecule has 2 heteroatoms. The van der Waals surface area contributed by atoms with Crippen molar-refractivity contribution in [1.29, 1.82) is 0 Å². The Hall–Kier alpha value is -1.31. The van der Waals surface area contributed by atoms with Crippen molar-refractivity contribution in [3.05, 3.63) is 35.9 Å². The highest BCUT2D eigenvalue weighted by Gasteiger charge is 2.19. The summed E-state index contributed by atoms with van der Waals surface area (Å²) >= 11 is 0. The van der Waals surface area contributed by atoms with E-state index in [9.17, 15) is 4.79 Å². The highest BCUT2D eigenvalue weighted by atomic mass is 16.1. The lowest BCUT2D eigenvalue weighted by Gasteiger charge is -2.19. The molecule has 0 unspecified atom stereocenters. The molecule has 94 valence electrons. The molecule has 2 nitrogen and oxygen atoms in total. The normalized spacial score (nSPS) is 14.1. The fourth-order valence-corrected chi connectivity index (χ4v) is 2.11. The minimum atomic E-state index is -0.0180. The van der Waals surface area contributed by atoms with Gasteiger partial charge in [0.1, 0.15) is 0 Å². The van der Waals surface area contributed by atoms with E-state index in [4.69, 9.17) is 0 Å². The SMILES string of the molecule is CCC[C@H](C)NC(=O)[C@@H](CC)c1ccccc1. The highest BCUT2D eigenvalue weighted by Crippen LogP contribution is 2.19. The molecule has 0 saturated heterocycles. The van der Waals surface area contributed by atoms with Gasteiger partial charge in [-0.15, -0.1) is 0 Å². The summed E-state index contributed by atoms with van der Waals surface area (Å²) in [5.41, 5.74) is 1.11. The monoisotopic (exact) mass is 233 g/mol. The van der Waals surface area contributed by atoms with Crippen LogP contribution in [0.3, 0.4) is 0 Å². The quantitative estimate of drug-likeness (QED) is 0.800. The van der Waals surface area contributed by atoms with Gasteiger partial charge in [0.05, 0.1) is 5.92 Å². The standard InChI is InChI=1S/C15H23NO/c1-4-9-12(3)16-15(17)14(5-2)13-10-7-6-8-11-13/h6-8,10-12,14H,4-5,9H2,1-3H3,(H,16,17)/t12-,14-/m0/s1. The number of nitrogens with one attached hydrogen (secondary N) is 1. The zero-order chi connectivity index (χ0) is 12.7. The second-order valence-corrected chi connectivity index (χ2v) is 4.57. The molecule has 0 aliphatic rings. The second kappa shape index (κ2) is 7.10. The molecule has 1 aromatic rings. The van der Waals surface area contributed by atoms with Crippen LogP contribution in [0.4, 0.5) is 0 Å². The molecule has 17 heavy (non-hydrogen) atoms. The molecule has 1 N–H and O–H groups in total. The van der Waals surface area contributed by atoms with Crippen molar-refractivity contribution >= 4 is 5.91 Å². The van der Waals surface area contributed by atoms with Crippen LogP contribution in [0.5, 0.6) is 0 Å². The van der Waals surface area contributed by atoms with E-state index < -0.39 is 0 Å². The van der Waals surface area contributed by atoms with Crippen LogP contribution < -0.4 is 5.32 Å². The molecule has 0 fully saturated rings. The van der Waals surface area contributed by atoms with Crippen molar-refractivity contribution in [2.45, 2.75) is 52.0 Å². The summed E-state index contributed by atoms with van der Waals surface area (Å²) in [6.07, 6.45) is 2.98. The molecule has 0 aliphatic heterocycles. The molecule has 0 heterocycles. The number of amides is 1. The average molecular weight is 233 g/mol. The van der Waals surface area contributed by atoms with E-state index in [0.29, 0.717) is 0 Å². The van der Waals surface area contributed by atoms with E-state index in [1.165, 1.54) is 0 Å². The third-order valence-corrected chi connectivity index (χ3v) is 3.04. The fraction of sp³-hybridized carbons (Fsp3) is 0.533. The van der Waals surface area contributed by atoms with E-state index in [2.05, 4.69) is 26.1 Å². The lowest BCUT2D eigenvalue weighted by molar-refractivity contribution is -0.123. The summed E-state index contributed by atoms with van der Waals surface area (Å²) in [5.74, 6) is 0.134. The zero-order valence-corrected chi connectivity index (χ0v) is 11.1. The zero-order valence-electron chi connectivity index (χ0n) is 11.1. The predicted octanol–water partition coefficient (Wildman–Crippen LogP) is 3.49. The molecular formula is C15H23NO. The Morgan fingerprint density at radius 2 is 1.88 bits per heavy atom. The van der Waals surface area contributed by atoms with Crippen LogP contribution in [0.25, 0.3) is 0 Å². The number of carbonyl (C=O) groups is 1. The molecule has 2 atom stereocenters. The van der Waals surface area contributed by atoms with Gasteiger partial charge in [-0.2, -0.15) is 0 Å². The number of carbonyl (C=O) groups excluding carboxylic acids is 1. The topological polar surface area (TPSA) is 29.1 Å². The maximum absolute atomic E-state index is 12.1. The second-order valence-electron chi connectivity index (χ2n) is 4.57. The molecule has 1 aromatic carbocycles. The Kier molecular flexibility index (Phi) is 5.75. The molecule has 0 radical (unpaired) electrons. The van der Waals surface area contributed by atoms with Gasteiger partial charge in [0.2, 0.25) is 5.91 Å². The van der Waals surface area contributed by atoms with E-state index in [0.717, 1.165) is 24.8 Å². The van der Waals surface area contributed by atoms with Gasteiger partial charge in [-0.1, -0.05) is 50.6 Å². The largest absolute Gasteiger partial charge is 0.353 e. The summed E-state index contributed by atoms with van der Waals surface area (Å²) in [6, 6.07) is 10.3. The van der Waals surface area contributed by atoms with E-state index in [1.54, 1.807) is 0 Å². The van der Waals surface area contributed by atoms with Gasteiger partial charge in [-0.3, -0.25) is 4.79 Å². The van der Waals surface area contributed by atoms with Crippen molar-refractivity contribution in [2.75, 3.05) is 0 Å². The smallest absolute Gasteiger partial charge is 0.227 e. The van der Waals surface area contributed by atoms with Gasteiger partial charge in [-0.05, 0) is 25.3 Å². The van der Waals surface area contributed by atoms with E-state index in [1.807, 2.05) is 30.3 Å². The van der Waals surface area contributed by atoms with Crippen LogP contribution in [-0.4, -0.2) is 11.9 Å². The maximum Gasteiger partial charge on any atom is 0.227 e. The van der Waals surface area contributed by atoms with E-state index in [-0.39, 0.29) is 17.9 Å². The van der Waals surface area contributed by atoms with Gasteiger partial charge < -0.3 is 5.32 Å². The molecule has 0 saturated carbocycles. The van der Waals surface area contributed by atoms with Gasteiger partial charge in [0.25, 0.3) is 0 Å². The first-order valence-corrected chi connectivity index (χ1v) is 6.54. The lowest BCUT2D eigenvalue weighted by atomic mass is 9.95. The average Bonchev–Trinajstić information content (AvgIpc) is 2.31. The Bertz CT molecular complexity index is 334. The Balaban J connectivity index is 2.65. The van der Waals surface area contributed by atoms with Gasteiger partial charge in [0, 0.05) is 6.04 Å². The first kappa shape index (κ1) is 13.8. The van der Waals surface area contributed by atoms with Crippen molar-refractivity contribution < 1.29 is 4.79 Å². The van der Waals surface area contributed by atoms with Crippen LogP contribution in [0.1, 0.15) is 51.5 Å². The van der Waals surface area contributed by atoms with Crippen molar-refractivity contribution in [3.8, 4) is 0 Å². The van der Waals surface area contributed by atoms with Crippen LogP contribution >= 0.6 is 0 Å². The van der Waals surface area contributed by atoms with Gasteiger partial charge in [-0.25, -0.2) is 0 Å². The van der Waals surface area contributed by atoms with Gasteiger partial charge >= 0.3 is 0 Å². The summed E-state index contributed by atoms with van der Waals surface area (Å²) in [5, 5.41) is 3.09. The Labute approximate surface area is 104 Å². The molecule has 0 aromatic heterocycles. The van der Waals surface area contributed by atoms with Crippen LogP contribution in [0.15, 0.2) is 30.3 Å². The molecule has 1 amide bonds. The number of rotatable bonds is 6. The fourth-order valence-electron chi connectivity index (χ4n) is 2.11. The van der Waals surface area contributed by atoms with E-state index >= 15 is 0 Å². The van der Waals surface area contributed by atoms with Crippen LogP contribution in [-0.2, 0) is 4.79 Å². The Morgan fingerprint density at radius 3 is 2.41 bits per heavy atom. The minimum Gasteiger partial charge on any atom is -0.353 e. The number of hydrogen-bond donors (Lipinski definition) is 1. The molecule has 1 rings (SSSR count). The Morgan fingerprint density at radius 1 is 1.24 bits per heavy atom. The summed E-state index contributed by atoms with van der Waals surface area (Å²) < 4.78 is 0. The van der Waals surface area contributed by atoms with Crippen molar-refractivity contribution in [2.24, 2.45) is 0 Å². The predicted molar refractivity (Wildman–Crippen MR) is 72.0 cm³/mol. The van der Waals surface area contributed by atoms with Crippen molar-refractivity contribution in [1.82, 2.24) is 5.32 Å². The maximum atomic E-state index is 12.1. The minimum absolute atomic E-state index is 0.0180. The highest BCUT2D eigenvalue weighted by molar-refractivity contribution is 5.83. The van der Waals surface area contributed by atoms with Crippen LogP contribution in [0.2, 0.25) is 0 Å². The third kappa shape index (κ3) is 4.22. The summed E-state index contributed by atoms with van der Waals surface area (Å²) in [6.45, 7) is 6.26. The summed E-state index contributed by atoms with van der Waals surface area (Å²) in [4.78, 5) is 12.1. The summed E-state index contributed by atoms with van der Waals surface area (Å²) in [7, 11) is 0. The third-order valence-electron chi connectivity index (χ3n) is 3.04. The molecular weight excluding hydrogens is 210 g/mol. The molecule has 0 aliphatic carbocycles. The van der Waals surface area contributed by atoms with Gasteiger partial charge in [0.15, 0.2) is 0 Å². The molecule has 0 spiro atoms. The first-order chi connectivity index (χ1) is 8.19. The van der Waals surface area contributed by atoms with Crippen molar-refractivity contribution in [3.63, 3.8) is 0 Å². The number of benzene rings is 1. The number of hydrogen-bond acceptors (Lipinski definition) is 1. The first-order valence-electron chi connectivity index (χ1n) is 6.54. The van der Waals surface area contributed by atoms with Crippen LogP contribution in [0, 0.1) is 0 Å². The molecule has 0 bridgehead atoms.